The number of hydrogen-bond donors (Lipinski definition) is 1. The van der Waals surface area contributed by atoms with Crippen LogP contribution in [0.1, 0.15) is 0 Å². The van der Waals surface area contributed by atoms with Crippen LogP contribution in [0, 0.1) is 0 Å². The molecule has 0 radical (unpaired) electrons. The third-order valence-corrected chi connectivity index (χ3v) is 3.58. The predicted octanol–water partition coefficient (Wildman–Crippen LogP) is 4.53. The summed E-state index contributed by atoms with van der Waals surface area (Å²) in [6.07, 6.45) is 2.69. The average Bonchev–Trinajstić information content (AvgIpc) is 2.29. The van der Waals surface area contributed by atoms with Gasteiger partial charge in [0.25, 0.3) is 0 Å². The van der Waals surface area contributed by atoms with E-state index in [1.54, 1.807) is 18.2 Å². The summed E-state index contributed by atoms with van der Waals surface area (Å²) in [6.45, 7) is 0. The third kappa shape index (κ3) is 2.36. The quantitative estimate of drug-likeness (QED) is 0.616. The lowest BCUT2D eigenvalue weighted by molar-refractivity contribution is 0.770. The van der Waals surface area contributed by atoms with Crippen molar-refractivity contribution in [3.63, 3.8) is 0 Å². The Morgan fingerprint density at radius 2 is 1.75 bits per heavy atom. The van der Waals surface area contributed by atoms with Crippen molar-refractivity contribution in [3.8, 4) is 11.1 Å². The van der Waals surface area contributed by atoms with Gasteiger partial charge in [0.05, 0.1) is 4.90 Å². The minimum Gasteiger partial charge on any atom is -0.263 e. The highest BCUT2D eigenvalue weighted by Crippen LogP contribution is 2.65. The Kier molecular flexibility index (Phi) is 3.16. The Labute approximate surface area is 99.2 Å². The molecule has 2 aromatic rings. The van der Waals surface area contributed by atoms with Gasteiger partial charge in [-0.15, -0.1) is 7.77 Å². The molecule has 0 amide bonds. The molecule has 84 valence electrons. The molecule has 0 spiro atoms. The standard InChI is InChI=1S/C11H9F2NS2/c12-16(13,15)11-8-14-7-6-10(11)9-4-2-1-3-5-9/h1-8,15H. The molecule has 0 aliphatic rings. The Hall–Kier alpha value is -1.07. The second-order valence-corrected chi connectivity index (χ2v) is 5.88. The van der Waals surface area contributed by atoms with E-state index < -0.39 is 9.83 Å². The van der Waals surface area contributed by atoms with E-state index in [9.17, 15) is 7.77 Å². The Balaban J connectivity index is 2.58. The minimum atomic E-state index is -4.05. The summed E-state index contributed by atoms with van der Waals surface area (Å²) in [5.41, 5.74) is 1.24. The van der Waals surface area contributed by atoms with Gasteiger partial charge in [0, 0.05) is 18.0 Å². The molecule has 0 bridgehead atoms. The molecule has 1 nitrogen and oxygen atoms in total. The van der Waals surface area contributed by atoms with Gasteiger partial charge < -0.3 is 0 Å². The number of aromatic nitrogens is 1. The molecule has 0 unspecified atom stereocenters. The van der Waals surface area contributed by atoms with Crippen molar-refractivity contribution in [3.05, 3.63) is 48.8 Å². The molecule has 2 rings (SSSR count). The molecular formula is C11H9F2NS2. The van der Waals surface area contributed by atoms with Crippen LogP contribution in [0.5, 0.6) is 0 Å². The van der Waals surface area contributed by atoms with Gasteiger partial charge in [0.2, 0.25) is 0 Å². The monoisotopic (exact) mass is 257 g/mol. The highest BCUT2D eigenvalue weighted by molar-refractivity contribution is 8.83. The van der Waals surface area contributed by atoms with Crippen molar-refractivity contribution in [1.82, 2.24) is 4.98 Å². The van der Waals surface area contributed by atoms with Crippen LogP contribution in [-0.2, 0) is 0 Å². The van der Waals surface area contributed by atoms with E-state index in [2.05, 4.69) is 16.6 Å². The SMILES string of the molecule is FS(F)(S)c1cnccc1-c1ccccc1. The van der Waals surface area contributed by atoms with Crippen LogP contribution in [0.3, 0.4) is 0 Å². The van der Waals surface area contributed by atoms with Crippen LogP contribution >= 0.6 is 21.5 Å². The maximum Gasteiger partial charge on any atom is 0.136 e. The van der Waals surface area contributed by atoms with E-state index in [1.807, 2.05) is 18.2 Å². The van der Waals surface area contributed by atoms with E-state index in [1.165, 1.54) is 12.4 Å². The first kappa shape index (κ1) is 11.4. The number of nitrogens with zero attached hydrogens (tertiary/aromatic N) is 1. The number of halogens is 2. The highest BCUT2D eigenvalue weighted by atomic mass is 33.2. The van der Waals surface area contributed by atoms with Gasteiger partial charge in [-0.05, 0) is 11.6 Å². The molecule has 1 heterocycles. The summed E-state index contributed by atoms with van der Waals surface area (Å²) in [5.74, 6) is 0. The zero-order valence-corrected chi connectivity index (χ0v) is 9.89. The molecule has 1 aromatic carbocycles. The molecule has 0 aliphatic heterocycles. The molecule has 0 saturated heterocycles. The molecule has 5 heteroatoms. The van der Waals surface area contributed by atoms with E-state index in [-0.39, 0.29) is 4.90 Å². The second-order valence-electron chi connectivity index (χ2n) is 3.18. The molecule has 0 fully saturated rings. The maximum atomic E-state index is 13.3. The molecule has 0 atom stereocenters. The van der Waals surface area contributed by atoms with Gasteiger partial charge in [0.1, 0.15) is 9.83 Å². The fourth-order valence-corrected chi connectivity index (χ4v) is 2.51. The van der Waals surface area contributed by atoms with Gasteiger partial charge in [0.15, 0.2) is 0 Å². The molecular weight excluding hydrogens is 248 g/mol. The third-order valence-electron chi connectivity index (χ3n) is 2.13. The topological polar surface area (TPSA) is 12.9 Å². The lowest BCUT2D eigenvalue weighted by Crippen LogP contribution is -1.87. The molecule has 16 heavy (non-hydrogen) atoms. The van der Waals surface area contributed by atoms with Gasteiger partial charge in [-0.2, -0.15) is 0 Å². The van der Waals surface area contributed by atoms with Crippen molar-refractivity contribution in [2.24, 2.45) is 0 Å². The molecule has 1 aromatic heterocycles. The predicted molar refractivity (Wildman–Crippen MR) is 66.7 cm³/mol. The van der Waals surface area contributed by atoms with Crippen LogP contribution in [0.15, 0.2) is 53.7 Å². The Morgan fingerprint density at radius 3 is 2.38 bits per heavy atom. The highest BCUT2D eigenvalue weighted by Gasteiger charge is 2.24. The van der Waals surface area contributed by atoms with Crippen LogP contribution in [-0.4, -0.2) is 4.98 Å². The maximum absolute atomic E-state index is 13.3. The first-order valence-electron chi connectivity index (χ1n) is 4.53. The van der Waals surface area contributed by atoms with Crippen molar-refractivity contribution >= 4 is 21.5 Å². The molecule has 0 saturated carbocycles. The van der Waals surface area contributed by atoms with Gasteiger partial charge in [-0.1, -0.05) is 42.0 Å². The fraction of sp³-hybridized carbons (Fsp3) is 0. The van der Waals surface area contributed by atoms with E-state index in [4.69, 9.17) is 0 Å². The fourth-order valence-electron chi connectivity index (χ4n) is 1.43. The van der Waals surface area contributed by atoms with Crippen LogP contribution in [0.4, 0.5) is 7.77 Å². The summed E-state index contributed by atoms with van der Waals surface area (Å²) in [7, 11) is -4.05. The molecule has 0 N–H and O–H groups in total. The summed E-state index contributed by atoms with van der Waals surface area (Å²) in [6, 6.07) is 10.6. The van der Waals surface area contributed by atoms with Crippen LogP contribution in [0.2, 0.25) is 0 Å². The van der Waals surface area contributed by atoms with E-state index in [0.717, 1.165) is 5.56 Å². The Morgan fingerprint density at radius 1 is 1.06 bits per heavy atom. The average molecular weight is 257 g/mol. The largest absolute Gasteiger partial charge is 0.263 e. The first-order chi connectivity index (χ1) is 7.59. The van der Waals surface area contributed by atoms with Crippen LogP contribution in [0.25, 0.3) is 11.1 Å². The van der Waals surface area contributed by atoms with Crippen molar-refractivity contribution in [2.75, 3.05) is 0 Å². The normalized spacial score (nSPS) is 12.4. The number of thiol groups is 1. The first-order valence-corrected chi connectivity index (χ1v) is 7.02. The number of hydrogen-bond acceptors (Lipinski definition) is 2. The smallest absolute Gasteiger partial charge is 0.136 e. The minimum absolute atomic E-state index is 0.0930. The summed E-state index contributed by atoms with van der Waals surface area (Å²) in [4.78, 5) is 3.64. The summed E-state index contributed by atoms with van der Waals surface area (Å²) < 4.78 is 26.6. The van der Waals surface area contributed by atoms with Gasteiger partial charge in [-0.25, -0.2) is 0 Å². The number of rotatable bonds is 2. The van der Waals surface area contributed by atoms with E-state index in [0.29, 0.717) is 5.56 Å². The van der Waals surface area contributed by atoms with Crippen molar-refractivity contribution in [2.45, 2.75) is 4.90 Å². The van der Waals surface area contributed by atoms with Crippen LogP contribution < -0.4 is 0 Å². The zero-order chi connectivity index (χ0) is 11.6. The zero-order valence-electron chi connectivity index (χ0n) is 8.18. The lowest BCUT2D eigenvalue weighted by Gasteiger charge is -2.17. The van der Waals surface area contributed by atoms with Crippen molar-refractivity contribution < 1.29 is 7.77 Å². The van der Waals surface area contributed by atoms with Gasteiger partial charge in [-0.3, -0.25) is 4.98 Å². The summed E-state index contributed by atoms with van der Waals surface area (Å²) in [5, 5.41) is 0. The number of pyridine rings is 1. The Bertz CT molecular complexity index is 483. The van der Waals surface area contributed by atoms with Gasteiger partial charge >= 0.3 is 0 Å². The van der Waals surface area contributed by atoms with E-state index >= 15 is 0 Å². The molecule has 0 aliphatic carbocycles. The second kappa shape index (κ2) is 4.43. The number of benzene rings is 1. The summed E-state index contributed by atoms with van der Waals surface area (Å²) >= 11 is 3.37. The lowest BCUT2D eigenvalue weighted by atomic mass is 10.1. The van der Waals surface area contributed by atoms with Crippen molar-refractivity contribution in [1.29, 1.82) is 0 Å².